The van der Waals surface area contributed by atoms with E-state index in [4.69, 9.17) is 10.6 Å². The summed E-state index contributed by atoms with van der Waals surface area (Å²) in [5, 5.41) is 3.14. The van der Waals surface area contributed by atoms with Crippen LogP contribution in [0.5, 0.6) is 0 Å². The van der Waals surface area contributed by atoms with Crippen LogP contribution in [0.4, 0.5) is 10.6 Å². The first-order valence-electron chi connectivity index (χ1n) is 5.10. The lowest BCUT2D eigenvalue weighted by Crippen LogP contribution is -2.32. The second-order valence-electron chi connectivity index (χ2n) is 3.59. The lowest BCUT2D eigenvalue weighted by atomic mass is 10.2. The lowest BCUT2D eigenvalue weighted by molar-refractivity contribution is 0.132. The number of aromatic nitrogens is 1. The lowest BCUT2D eigenvalue weighted by Gasteiger charge is -2.13. The van der Waals surface area contributed by atoms with Gasteiger partial charge in [0.2, 0.25) is 0 Å². The van der Waals surface area contributed by atoms with Crippen molar-refractivity contribution in [1.82, 2.24) is 10.4 Å². The molecule has 0 radical (unpaired) electrons. The smallest absolute Gasteiger partial charge is 0.421 e. The molecule has 6 nitrogen and oxygen atoms in total. The Balaban J connectivity index is 2.25. The molecule has 4 N–H and O–H groups in total. The molecular weight excluding hydrogens is 288 g/mol. The van der Waals surface area contributed by atoms with Gasteiger partial charge in [0.15, 0.2) is 0 Å². The number of hydrogen-bond donors (Lipinski definition) is 3. The molecule has 1 amide bonds. The maximum atomic E-state index is 10.7. The predicted molar refractivity (Wildman–Crippen MR) is 68.3 cm³/mol. The average Bonchev–Trinajstić information content (AvgIpc) is 2.35. The van der Waals surface area contributed by atoms with Gasteiger partial charge in [0, 0.05) is 23.1 Å². The van der Waals surface area contributed by atoms with Crippen molar-refractivity contribution < 1.29 is 9.53 Å². The van der Waals surface area contributed by atoms with Gasteiger partial charge in [0.1, 0.15) is 5.82 Å². The third kappa shape index (κ3) is 5.50. The molecule has 0 aliphatic heterocycles. The van der Waals surface area contributed by atoms with Crippen molar-refractivity contribution in [3.8, 4) is 0 Å². The molecule has 1 aromatic heterocycles. The van der Waals surface area contributed by atoms with Crippen molar-refractivity contribution in [3.63, 3.8) is 0 Å². The van der Waals surface area contributed by atoms with E-state index in [2.05, 4.69) is 26.2 Å². The summed E-state index contributed by atoms with van der Waals surface area (Å²) in [6, 6.07) is 3.77. The SMILES string of the molecule is CC(CNc1ccc(Br)cn1)COC(=O)NN. The molecule has 1 aromatic rings. The number of halogens is 1. The number of carbonyl (C=O) groups is 1. The van der Waals surface area contributed by atoms with E-state index in [1.54, 1.807) is 6.20 Å². The standard InChI is InChI=1S/C10H15BrN4O2/c1-7(6-17-10(16)15-12)4-13-9-3-2-8(11)5-14-9/h2-3,5,7H,4,6,12H2,1H3,(H,13,14)(H,15,16). The van der Waals surface area contributed by atoms with Gasteiger partial charge in [0.05, 0.1) is 6.61 Å². The van der Waals surface area contributed by atoms with Crippen LogP contribution in [0.15, 0.2) is 22.8 Å². The molecule has 0 aliphatic carbocycles. The first-order chi connectivity index (χ1) is 8.11. The molecule has 0 bridgehead atoms. The molecule has 7 heteroatoms. The predicted octanol–water partition coefficient (Wildman–Crippen LogP) is 1.49. The van der Waals surface area contributed by atoms with Gasteiger partial charge in [-0.1, -0.05) is 6.92 Å². The number of ether oxygens (including phenoxy) is 1. The van der Waals surface area contributed by atoms with Crippen molar-refractivity contribution in [2.75, 3.05) is 18.5 Å². The zero-order valence-corrected chi connectivity index (χ0v) is 11.0. The number of anilines is 1. The second-order valence-corrected chi connectivity index (χ2v) is 4.51. The van der Waals surface area contributed by atoms with Gasteiger partial charge in [-0.05, 0) is 28.1 Å². The Morgan fingerprint density at radius 1 is 1.65 bits per heavy atom. The van der Waals surface area contributed by atoms with Crippen LogP contribution in [0, 0.1) is 5.92 Å². The largest absolute Gasteiger partial charge is 0.448 e. The number of hydrazine groups is 1. The van der Waals surface area contributed by atoms with Gasteiger partial charge in [-0.25, -0.2) is 15.6 Å². The number of carbonyl (C=O) groups excluding carboxylic acids is 1. The number of amides is 1. The summed E-state index contributed by atoms with van der Waals surface area (Å²) < 4.78 is 5.75. The Morgan fingerprint density at radius 2 is 2.41 bits per heavy atom. The van der Waals surface area contributed by atoms with Crippen LogP contribution in [-0.2, 0) is 4.74 Å². The van der Waals surface area contributed by atoms with Gasteiger partial charge >= 0.3 is 6.09 Å². The van der Waals surface area contributed by atoms with Crippen LogP contribution < -0.4 is 16.6 Å². The fraction of sp³-hybridized carbons (Fsp3) is 0.400. The van der Waals surface area contributed by atoms with Crippen molar-refractivity contribution in [2.24, 2.45) is 11.8 Å². The monoisotopic (exact) mass is 302 g/mol. The van der Waals surface area contributed by atoms with E-state index in [0.29, 0.717) is 13.2 Å². The van der Waals surface area contributed by atoms with Gasteiger partial charge in [-0.15, -0.1) is 0 Å². The molecule has 0 aromatic carbocycles. The molecular formula is C10H15BrN4O2. The van der Waals surface area contributed by atoms with Crippen LogP contribution in [0.3, 0.4) is 0 Å². The fourth-order valence-electron chi connectivity index (χ4n) is 1.08. The molecule has 0 saturated heterocycles. The van der Waals surface area contributed by atoms with Crippen molar-refractivity contribution in [1.29, 1.82) is 0 Å². The number of nitrogens with one attached hydrogen (secondary N) is 2. The molecule has 94 valence electrons. The van der Waals surface area contributed by atoms with Gasteiger partial charge in [0.25, 0.3) is 0 Å². The van der Waals surface area contributed by atoms with Crippen LogP contribution in [0.2, 0.25) is 0 Å². The highest BCUT2D eigenvalue weighted by Crippen LogP contribution is 2.10. The summed E-state index contributed by atoms with van der Waals surface area (Å²) in [6.07, 6.45) is 1.09. The fourth-order valence-corrected chi connectivity index (χ4v) is 1.31. The van der Waals surface area contributed by atoms with Crippen LogP contribution >= 0.6 is 15.9 Å². The Kier molecular flexibility index (Phi) is 5.71. The molecule has 17 heavy (non-hydrogen) atoms. The molecule has 0 fully saturated rings. The Labute approximate surface area is 108 Å². The number of rotatable bonds is 5. The number of nitrogens with two attached hydrogens (primary N) is 1. The quantitative estimate of drug-likeness (QED) is 0.436. The number of pyridine rings is 1. The summed E-state index contributed by atoms with van der Waals surface area (Å²) in [4.78, 5) is 14.9. The van der Waals surface area contributed by atoms with E-state index in [0.717, 1.165) is 10.3 Å². The van der Waals surface area contributed by atoms with E-state index in [1.165, 1.54) is 0 Å². The molecule has 0 spiro atoms. The molecule has 1 atom stereocenters. The van der Waals surface area contributed by atoms with E-state index in [1.807, 2.05) is 24.5 Å². The maximum Gasteiger partial charge on any atom is 0.421 e. The van der Waals surface area contributed by atoms with E-state index in [9.17, 15) is 4.79 Å². The summed E-state index contributed by atoms with van der Waals surface area (Å²) in [7, 11) is 0. The highest BCUT2D eigenvalue weighted by Gasteiger charge is 2.06. The average molecular weight is 303 g/mol. The Bertz CT molecular complexity index is 358. The molecule has 1 heterocycles. The van der Waals surface area contributed by atoms with E-state index < -0.39 is 6.09 Å². The van der Waals surface area contributed by atoms with Crippen LogP contribution in [-0.4, -0.2) is 24.2 Å². The highest BCUT2D eigenvalue weighted by atomic mass is 79.9. The summed E-state index contributed by atoms with van der Waals surface area (Å²) >= 11 is 3.31. The van der Waals surface area contributed by atoms with Crippen LogP contribution in [0.25, 0.3) is 0 Å². The molecule has 1 unspecified atom stereocenters. The van der Waals surface area contributed by atoms with Crippen molar-refractivity contribution >= 4 is 27.8 Å². The molecule has 0 aliphatic rings. The molecule has 1 rings (SSSR count). The Morgan fingerprint density at radius 3 is 3.00 bits per heavy atom. The summed E-state index contributed by atoms with van der Waals surface area (Å²) in [5.41, 5.74) is 1.90. The number of nitrogens with zero attached hydrogens (tertiary/aromatic N) is 1. The second kappa shape index (κ2) is 7.08. The minimum Gasteiger partial charge on any atom is -0.448 e. The third-order valence-corrected chi connectivity index (χ3v) is 2.44. The maximum absolute atomic E-state index is 10.7. The minimum absolute atomic E-state index is 0.165. The van der Waals surface area contributed by atoms with Gasteiger partial charge in [-0.3, -0.25) is 5.43 Å². The number of hydrogen-bond acceptors (Lipinski definition) is 5. The highest BCUT2D eigenvalue weighted by molar-refractivity contribution is 9.10. The van der Waals surface area contributed by atoms with E-state index in [-0.39, 0.29) is 5.92 Å². The van der Waals surface area contributed by atoms with Crippen LogP contribution in [0.1, 0.15) is 6.92 Å². The normalized spacial score (nSPS) is 11.7. The third-order valence-electron chi connectivity index (χ3n) is 1.98. The molecule has 0 saturated carbocycles. The summed E-state index contributed by atoms with van der Waals surface area (Å²) in [5.74, 6) is 5.83. The van der Waals surface area contributed by atoms with Gasteiger partial charge in [-0.2, -0.15) is 0 Å². The van der Waals surface area contributed by atoms with E-state index >= 15 is 0 Å². The minimum atomic E-state index is -0.626. The zero-order chi connectivity index (χ0) is 12.7. The summed E-state index contributed by atoms with van der Waals surface area (Å²) in [6.45, 7) is 2.91. The zero-order valence-electron chi connectivity index (χ0n) is 9.44. The first-order valence-corrected chi connectivity index (χ1v) is 5.90. The Hall–Kier alpha value is -1.34. The van der Waals surface area contributed by atoms with Gasteiger partial charge < -0.3 is 10.1 Å². The van der Waals surface area contributed by atoms with Crippen molar-refractivity contribution in [2.45, 2.75) is 6.92 Å². The topological polar surface area (TPSA) is 89.3 Å². The first kappa shape index (κ1) is 13.7. The van der Waals surface area contributed by atoms with Crippen molar-refractivity contribution in [3.05, 3.63) is 22.8 Å².